The maximum absolute atomic E-state index is 6.28. The summed E-state index contributed by atoms with van der Waals surface area (Å²) in [6.07, 6.45) is 3.48. The average Bonchev–Trinajstić information content (AvgIpc) is 3.11. The van der Waals surface area contributed by atoms with Crippen LogP contribution in [0.15, 0.2) is 41.2 Å². The molecule has 4 heterocycles. The normalized spacial score (nSPS) is 11.2. The number of nitrogens with zero attached hydrogens (tertiary/aromatic N) is 4. The minimum atomic E-state index is 0.423. The molecule has 4 rings (SSSR count). The second-order valence-corrected chi connectivity index (χ2v) is 6.05. The van der Waals surface area contributed by atoms with Gasteiger partial charge in [-0.2, -0.15) is 0 Å². The summed E-state index contributed by atoms with van der Waals surface area (Å²) >= 11 is 7.75. The van der Waals surface area contributed by atoms with Gasteiger partial charge in [-0.1, -0.05) is 16.8 Å². The summed E-state index contributed by atoms with van der Waals surface area (Å²) in [7, 11) is 0. The number of pyridine rings is 2. The zero-order valence-corrected chi connectivity index (χ0v) is 13.0. The molecule has 0 aromatic carbocycles. The molecule has 0 aliphatic heterocycles. The molecule has 5 nitrogen and oxygen atoms in total. The van der Waals surface area contributed by atoms with Crippen LogP contribution in [0, 0.1) is 6.92 Å². The van der Waals surface area contributed by atoms with E-state index in [9.17, 15) is 0 Å². The molecule has 7 heteroatoms. The third kappa shape index (κ3) is 2.17. The molecule has 0 unspecified atom stereocenters. The van der Waals surface area contributed by atoms with Crippen LogP contribution in [-0.2, 0) is 0 Å². The van der Waals surface area contributed by atoms with Crippen LogP contribution in [0.5, 0.6) is 0 Å². The van der Waals surface area contributed by atoms with Gasteiger partial charge >= 0.3 is 0 Å². The Labute approximate surface area is 134 Å². The number of aryl methyl sites for hydroxylation is 1. The molecule has 0 saturated carbocycles. The van der Waals surface area contributed by atoms with Crippen molar-refractivity contribution in [3.63, 3.8) is 0 Å². The summed E-state index contributed by atoms with van der Waals surface area (Å²) in [5.74, 6) is 0. The van der Waals surface area contributed by atoms with E-state index in [1.165, 1.54) is 11.3 Å². The zero-order valence-electron chi connectivity index (χ0n) is 11.4. The molecular weight excluding hydrogens is 320 g/mol. The summed E-state index contributed by atoms with van der Waals surface area (Å²) in [6.45, 7) is 1.88. The van der Waals surface area contributed by atoms with E-state index >= 15 is 0 Å². The summed E-state index contributed by atoms with van der Waals surface area (Å²) in [5.41, 5.74) is 2.97. The lowest BCUT2D eigenvalue weighted by Crippen LogP contribution is -1.81. The van der Waals surface area contributed by atoms with Gasteiger partial charge < -0.3 is 4.52 Å². The minimum absolute atomic E-state index is 0.423. The Hall–Kier alpha value is -2.31. The topological polar surface area (TPSA) is 64.7 Å². The first-order chi connectivity index (χ1) is 10.7. The molecule has 0 saturated heterocycles. The first kappa shape index (κ1) is 13.4. The Morgan fingerprint density at radius 1 is 1.18 bits per heavy atom. The third-order valence-electron chi connectivity index (χ3n) is 3.25. The van der Waals surface area contributed by atoms with E-state index in [1.807, 2.05) is 31.2 Å². The van der Waals surface area contributed by atoms with Gasteiger partial charge in [0.15, 0.2) is 0 Å². The SMILES string of the molecule is Cc1noc2nc(-c3sc(-c4cccnc4)nc3Cl)ccc12. The number of halogens is 1. The van der Waals surface area contributed by atoms with Crippen LogP contribution in [0.3, 0.4) is 0 Å². The number of rotatable bonds is 2. The molecule has 108 valence electrons. The van der Waals surface area contributed by atoms with E-state index < -0.39 is 0 Å². The van der Waals surface area contributed by atoms with E-state index in [0.29, 0.717) is 10.9 Å². The lowest BCUT2D eigenvalue weighted by molar-refractivity contribution is 0.443. The first-order valence-electron chi connectivity index (χ1n) is 6.52. The number of fused-ring (bicyclic) bond motifs is 1. The fourth-order valence-corrected chi connectivity index (χ4v) is 3.41. The van der Waals surface area contributed by atoms with E-state index in [4.69, 9.17) is 16.1 Å². The van der Waals surface area contributed by atoms with Gasteiger partial charge in [-0.3, -0.25) is 4.98 Å². The highest BCUT2D eigenvalue weighted by Crippen LogP contribution is 2.37. The van der Waals surface area contributed by atoms with Gasteiger partial charge in [0.25, 0.3) is 5.71 Å². The van der Waals surface area contributed by atoms with Crippen LogP contribution in [0.25, 0.3) is 32.2 Å². The van der Waals surface area contributed by atoms with Gasteiger partial charge in [-0.25, -0.2) is 9.97 Å². The number of thiazole rings is 1. The molecule has 0 aliphatic carbocycles. The van der Waals surface area contributed by atoms with E-state index in [0.717, 1.165) is 32.2 Å². The van der Waals surface area contributed by atoms with Crippen molar-refractivity contribution in [2.45, 2.75) is 6.92 Å². The summed E-state index contributed by atoms with van der Waals surface area (Å²) in [4.78, 5) is 13.8. The van der Waals surface area contributed by atoms with Crippen molar-refractivity contribution in [2.24, 2.45) is 0 Å². The third-order valence-corrected chi connectivity index (χ3v) is 4.76. The van der Waals surface area contributed by atoms with Crippen molar-refractivity contribution in [1.82, 2.24) is 20.1 Å². The van der Waals surface area contributed by atoms with Crippen molar-refractivity contribution < 1.29 is 4.52 Å². The second-order valence-electron chi connectivity index (χ2n) is 4.70. The Balaban J connectivity index is 1.83. The fourth-order valence-electron chi connectivity index (χ4n) is 2.14. The predicted octanol–water partition coefficient (Wildman–Crippen LogP) is 4.37. The Bertz CT molecular complexity index is 964. The van der Waals surface area contributed by atoms with Crippen LogP contribution in [0.1, 0.15) is 5.69 Å². The largest absolute Gasteiger partial charge is 0.336 e. The van der Waals surface area contributed by atoms with Crippen molar-refractivity contribution in [2.75, 3.05) is 0 Å². The Kier molecular flexibility index (Phi) is 3.13. The van der Waals surface area contributed by atoms with Gasteiger partial charge in [0, 0.05) is 18.0 Å². The monoisotopic (exact) mass is 328 g/mol. The van der Waals surface area contributed by atoms with Gasteiger partial charge in [-0.05, 0) is 31.2 Å². The van der Waals surface area contributed by atoms with E-state index in [-0.39, 0.29) is 0 Å². The number of aromatic nitrogens is 4. The van der Waals surface area contributed by atoms with Gasteiger partial charge in [0.1, 0.15) is 10.2 Å². The maximum atomic E-state index is 6.28. The summed E-state index contributed by atoms with van der Waals surface area (Å²) < 4.78 is 5.21. The molecule has 4 aromatic heterocycles. The molecule has 0 atom stereocenters. The van der Waals surface area contributed by atoms with Gasteiger partial charge in [0.05, 0.1) is 21.7 Å². The fraction of sp³-hybridized carbons (Fsp3) is 0.0667. The molecular formula is C15H9ClN4OS. The highest BCUT2D eigenvalue weighted by Gasteiger charge is 2.16. The molecule has 0 fully saturated rings. The Morgan fingerprint density at radius 2 is 2.09 bits per heavy atom. The van der Waals surface area contributed by atoms with Crippen molar-refractivity contribution >= 4 is 34.0 Å². The second kappa shape index (κ2) is 5.15. The van der Waals surface area contributed by atoms with E-state index in [2.05, 4.69) is 20.1 Å². The molecule has 0 N–H and O–H groups in total. The highest BCUT2D eigenvalue weighted by atomic mass is 35.5. The smallest absolute Gasteiger partial charge is 0.258 e. The van der Waals surface area contributed by atoms with Crippen molar-refractivity contribution in [1.29, 1.82) is 0 Å². The van der Waals surface area contributed by atoms with Crippen molar-refractivity contribution in [3.8, 4) is 21.1 Å². The van der Waals surface area contributed by atoms with E-state index in [1.54, 1.807) is 12.4 Å². The van der Waals surface area contributed by atoms with Crippen molar-refractivity contribution in [3.05, 3.63) is 47.5 Å². The van der Waals surface area contributed by atoms with Crippen LogP contribution < -0.4 is 0 Å². The lowest BCUT2D eigenvalue weighted by Gasteiger charge is -1.96. The standard InChI is InChI=1S/C15H9ClN4OS/c1-8-10-4-5-11(18-14(10)21-20-8)12-13(16)19-15(22-12)9-3-2-6-17-7-9/h2-7H,1H3. The maximum Gasteiger partial charge on any atom is 0.258 e. The minimum Gasteiger partial charge on any atom is -0.336 e. The first-order valence-corrected chi connectivity index (χ1v) is 7.72. The average molecular weight is 329 g/mol. The number of hydrogen-bond acceptors (Lipinski definition) is 6. The quantitative estimate of drug-likeness (QED) is 0.546. The summed E-state index contributed by atoms with van der Waals surface area (Å²) in [5, 5.41) is 6.05. The molecule has 0 bridgehead atoms. The molecule has 22 heavy (non-hydrogen) atoms. The van der Waals surface area contributed by atoms with Crippen LogP contribution in [-0.4, -0.2) is 20.1 Å². The molecule has 0 aliphatic rings. The van der Waals surface area contributed by atoms with Crippen LogP contribution >= 0.6 is 22.9 Å². The Morgan fingerprint density at radius 3 is 2.91 bits per heavy atom. The predicted molar refractivity (Wildman–Crippen MR) is 85.9 cm³/mol. The van der Waals surface area contributed by atoms with Crippen LogP contribution in [0.2, 0.25) is 5.15 Å². The van der Waals surface area contributed by atoms with Gasteiger partial charge in [0.2, 0.25) is 0 Å². The van der Waals surface area contributed by atoms with Gasteiger partial charge in [-0.15, -0.1) is 11.3 Å². The summed E-state index contributed by atoms with van der Waals surface area (Å²) in [6, 6.07) is 7.65. The molecule has 0 radical (unpaired) electrons. The highest BCUT2D eigenvalue weighted by molar-refractivity contribution is 7.19. The molecule has 0 spiro atoms. The molecule has 0 amide bonds. The van der Waals surface area contributed by atoms with Crippen LogP contribution in [0.4, 0.5) is 0 Å². The molecule has 4 aromatic rings. The zero-order chi connectivity index (χ0) is 15.1. The number of hydrogen-bond donors (Lipinski definition) is 0. The lowest BCUT2D eigenvalue weighted by atomic mass is 10.2.